The lowest BCUT2D eigenvalue weighted by atomic mass is 9.85. The molecule has 9 nitrogen and oxygen atoms in total. The molecule has 1 aliphatic carbocycles. The number of ether oxygens (including phenoxy) is 2. The Morgan fingerprint density at radius 3 is 2.53 bits per heavy atom. The van der Waals surface area contributed by atoms with Crippen LogP contribution in [0.15, 0.2) is 47.4 Å². The minimum atomic E-state index is -3.75. The van der Waals surface area contributed by atoms with E-state index >= 15 is 0 Å². The standard InChI is InChI=1S/C33H43N3O6S/c1-24(2)32-22-41-20-18-36(32)33(38)28-12-15-29(16-13-28)35-43(39,40)30-17-14-27(31(21-30)34-3)11-10-26-8-6-25(7-9-26)5-4-19-42-23-37/h6-9,14,17,21,23-24,28-29,32,34-35H,4-5,12-13,15-16,18-20,22H2,1-3H3/t28?,29?,32-/m1/s1. The maximum absolute atomic E-state index is 13.3. The van der Waals surface area contributed by atoms with E-state index in [0.717, 1.165) is 24.0 Å². The minimum absolute atomic E-state index is 0.0759. The monoisotopic (exact) mass is 609 g/mol. The zero-order chi connectivity index (χ0) is 30.8. The zero-order valence-electron chi connectivity index (χ0n) is 25.3. The first-order valence-corrected chi connectivity index (χ1v) is 16.6. The van der Waals surface area contributed by atoms with E-state index in [1.165, 1.54) is 0 Å². The van der Waals surface area contributed by atoms with Crippen LogP contribution in [-0.4, -0.2) is 71.2 Å². The number of hydrogen-bond donors (Lipinski definition) is 2. The minimum Gasteiger partial charge on any atom is -0.468 e. The summed E-state index contributed by atoms with van der Waals surface area (Å²) in [6, 6.07) is 12.7. The van der Waals surface area contributed by atoms with Crippen LogP contribution in [0.5, 0.6) is 0 Å². The fraction of sp³-hybridized carbons (Fsp3) is 0.515. The van der Waals surface area contributed by atoms with Crippen LogP contribution in [0.25, 0.3) is 0 Å². The quantitative estimate of drug-likeness (QED) is 0.225. The summed E-state index contributed by atoms with van der Waals surface area (Å²) in [4.78, 5) is 25.7. The molecule has 0 aromatic heterocycles. The Kier molecular flexibility index (Phi) is 11.6. The van der Waals surface area contributed by atoms with Crippen LogP contribution in [-0.2, 0) is 35.5 Å². The van der Waals surface area contributed by atoms with Crippen molar-refractivity contribution in [3.63, 3.8) is 0 Å². The third-order valence-electron chi connectivity index (χ3n) is 8.28. The van der Waals surface area contributed by atoms with Gasteiger partial charge >= 0.3 is 0 Å². The van der Waals surface area contributed by atoms with Gasteiger partial charge in [-0.3, -0.25) is 9.59 Å². The van der Waals surface area contributed by atoms with Gasteiger partial charge in [0.1, 0.15) is 0 Å². The Morgan fingerprint density at radius 1 is 1.12 bits per heavy atom. The van der Waals surface area contributed by atoms with Gasteiger partial charge in [0.25, 0.3) is 6.47 Å². The first-order chi connectivity index (χ1) is 20.7. The number of sulfonamides is 1. The molecule has 1 amide bonds. The first-order valence-electron chi connectivity index (χ1n) is 15.1. The van der Waals surface area contributed by atoms with Crippen molar-refractivity contribution in [2.24, 2.45) is 11.8 Å². The van der Waals surface area contributed by atoms with Crippen molar-refractivity contribution in [3.05, 3.63) is 59.2 Å². The van der Waals surface area contributed by atoms with Gasteiger partial charge in [-0.15, -0.1) is 0 Å². The van der Waals surface area contributed by atoms with E-state index in [0.29, 0.717) is 75.7 Å². The average Bonchev–Trinajstić information content (AvgIpc) is 3.02. The molecule has 4 rings (SSSR count). The zero-order valence-corrected chi connectivity index (χ0v) is 26.1. The number of nitrogens with zero attached hydrogens (tertiary/aromatic N) is 1. The maximum atomic E-state index is 13.3. The van der Waals surface area contributed by atoms with E-state index in [1.54, 1.807) is 25.2 Å². The van der Waals surface area contributed by atoms with E-state index < -0.39 is 10.0 Å². The molecule has 0 bridgehead atoms. The average molecular weight is 610 g/mol. The lowest BCUT2D eigenvalue weighted by Gasteiger charge is -2.41. The molecule has 0 radical (unpaired) electrons. The van der Waals surface area contributed by atoms with Crippen LogP contribution in [0, 0.1) is 23.7 Å². The van der Waals surface area contributed by atoms with Crippen LogP contribution in [0.1, 0.15) is 62.6 Å². The van der Waals surface area contributed by atoms with Crippen LogP contribution < -0.4 is 10.0 Å². The molecular weight excluding hydrogens is 566 g/mol. The van der Waals surface area contributed by atoms with Crippen LogP contribution in [0.3, 0.4) is 0 Å². The van der Waals surface area contributed by atoms with Crippen molar-refractivity contribution < 1.29 is 27.5 Å². The predicted molar refractivity (Wildman–Crippen MR) is 166 cm³/mol. The van der Waals surface area contributed by atoms with E-state index in [2.05, 4.69) is 35.7 Å². The molecule has 2 aromatic rings. The third-order valence-corrected chi connectivity index (χ3v) is 9.80. The number of anilines is 1. The summed E-state index contributed by atoms with van der Waals surface area (Å²) in [7, 11) is -2.01. The second-order valence-corrected chi connectivity index (χ2v) is 13.3. The normalized spacial score (nSPS) is 20.7. The summed E-state index contributed by atoms with van der Waals surface area (Å²) in [5, 5.41) is 3.07. The number of rotatable bonds is 11. The molecule has 10 heteroatoms. The Hall–Kier alpha value is -3.39. The van der Waals surface area contributed by atoms with E-state index in [1.807, 2.05) is 29.2 Å². The summed E-state index contributed by atoms with van der Waals surface area (Å²) in [5.41, 5.74) is 3.30. The Morgan fingerprint density at radius 2 is 1.86 bits per heavy atom. The van der Waals surface area contributed by atoms with Crippen molar-refractivity contribution in [1.29, 1.82) is 0 Å². The third kappa shape index (κ3) is 8.82. The number of carbonyl (C=O) groups is 2. The van der Waals surface area contributed by atoms with Crippen molar-refractivity contribution in [3.8, 4) is 11.8 Å². The van der Waals surface area contributed by atoms with Crippen molar-refractivity contribution in [2.45, 2.75) is 69.4 Å². The topological polar surface area (TPSA) is 114 Å². The second kappa shape index (κ2) is 15.4. The van der Waals surface area contributed by atoms with Crippen LogP contribution >= 0.6 is 0 Å². The molecule has 1 saturated heterocycles. The van der Waals surface area contributed by atoms with Crippen LogP contribution in [0.2, 0.25) is 0 Å². The molecular formula is C33H43N3O6S. The lowest BCUT2D eigenvalue weighted by Crippen LogP contribution is -2.53. The van der Waals surface area contributed by atoms with Crippen molar-refractivity contribution >= 4 is 28.1 Å². The molecule has 0 spiro atoms. The summed E-state index contributed by atoms with van der Waals surface area (Å²) < 4.78 is 39.8. The van der Waals surface area contributed by atoms with Gasteiger partial charge in [-0.25, -0.2) is 13.1 Å². The number of morpholine rings is 1. The summed E-state index contributed by atoms with van der Waals surface area (Å²) in [6.07, 6.45) is 4.15. The van der Waals surface area contributed by atoms with Gasteiger partial charge in [0, 0.05) is 36.7 Å². The molecule has 2 aliphatic rings. The summed E-state index contributed by atoms with van der Waals surface area (Å²) in [5.74, 6) is 6.71. The van der Waals surface area contributed by atoms with Crippen molar-refractivity contribution in [1.82, 2.24) is 9.62 Å². The molecule has 2 N–H and O–H groups in total. The molecule has 1 heterocycles. The van der Waals surface area contributed by atoms with Crippen LogP contribution in [0.4, 0.5) is 5.69 Å². The number of benzene rings is 2. The molecule has 1 saturated carbocycles. The summed E-state index contributed by atoms with van der Waals surface area (Å²) >= 11 is 0. The maximum Gasteiger partial charge on any atom is 0.293 e. The molecule has 1 aliphatic heterocycles. The van der Waals surface area contributed by atoms with E-state index in [9.17, 15) is 18.0 Å². The molecule has 1 atom stereocenters. The lowest BCUT2D eigenvalue weighted by molar-refractivity contribution is -0.147. The highest BCUT2D eigenvalue weighted by Crippen LogP contribution is 2.30. The van der Waals surface area contributed by atoms with Gasteiger partial charge in [0.2, 0.25) is 15.9 Å². The van der Waals surface area contributed by atoms with Gasteiger partial charge < -0.3 is 19.7 Å². The van der Waals surface area contributed by atoms with E-state index in [4.69, 9.17) is 9.47 Å². The van der Waals surface area contributed by atoms with Crippen molar-refractivity contribution in [2.75, 3.05) is 38.7 Å². The van der Waals surface area contributed by atoms with Gasteiger partial charge in [-0.2, -0.15) is 0 Å². The number of hydrogen-bond acceptors (Lipinski definition) is 7. The molecule has 43 heavy (non-hydrogen) atoms. The first kappa shape index (κ1) is 32.5. The number of aryl methyl sites for hydroxylation is 1. The predicted octanol–water partition coefficient (Wildman–Crippen LogP) is 3.95. The van der Waals surface area contributed by atoms with Gasteiger partial charge in [0.15, 0.2) is 0 Å². The molecule has 232 valence electrons. The molecule has 2 aromatic carbocycles. The smallest absolute Gasteiger partial charge is 0.293 e. The highest BCUT2D eigenvalue weighted by molar-refractivity contribution is 7.89. The van der Waals surface area contributed by atoms with Gasteiger partial charge in [-0.05, 0) is 80.3 Å². The highest BCUT2D eigenvalue weighted by Gasteiger charge is 2.36. The Balaban J connectivity index is 1.34. The highest BCUT2D eigenvalue weighted by atomic mass is 32.2. The summed E-state index contributed by atoms with van der Waals surface area (Å²) in [6.45, 7) is 6.85. The Labute approximate surface area is 255 Å². The van der Waals surface area contributed by atoms with Gasteiger partial charge in [-0.1, -0.05) is 37.8 Å². The molecule has 0 unspecified atom stereocenters. The fourth-order valence-electron chi connectivity index (χ4n) is 5.74. The van der Waals surface area contributed by atoms with E-state index in [-0.39, 0.29) is 28.8 Å². The Bertz CT molecular complexity index is 1410. The SMILES string of the molecule is CNc1cc(S(=O)(=O)NC2CCC(C(=O)N3CCOC[C@@H]3C(C)C)CC2)ccc1C#Cc1ccc(CCCOC=O)cc1. The number of amides is 1. The largest absolute Gasteiger partial charge is 0.468 e. The number of carbonyl (C=O) groups excluding carboxylic acids is 2. The fourth-order valence-corrected chi connectivity index (χ4v) is 7.07. The second-order valence-electron chi connectivity index (χ2n) is 11.6. The number of nitrogens with one attached hydrogen (secondary N) is 2. The van der Waals surface area contributed by atoms with Gasteiger partial charge in [0.05, 0.1) is 36.4 Å². The molecule has 2 fully saturated rings.